The Labute approximate surface area is 135 Å². The normalized spacial score (nSPS) is 18.4. The van der Waals surface area contributed by atoms with E-state index in [2.05, 4.69) is 11.9 Å². The fraction of sp³-hybridized carbons (Fsp3) is 0.500. The molecule has 5 heteroatoms. The molecule has 3 rings (SSSR count). The third-order valence-electron chi connectivity index (χ3n) is 4.70. The van der Waals surface area contributed by atoms with E-state index in [0.717, 1.165) is 31.5 Å². The first kappa shape index (κ1) is 15.7. The first-order valence-corrected chi connectivity index (χ1v) is 8.34. The summed E-state index contributed by atoms with van der Waals surface area (Å²) >= 11 is 0. The number of piperidine rings is 1. The number of aromatic nitrogens is 2. The van der Waals surface area contributed by atoms with Crippen LogP contribution in [-0.2, 0) is 6.54 Å². The summed E-state index contributed by atoms with van der Waals surface area (Å²) in [6.45, 7) is 7.35. The SMILES string of the molecule is CCn1cc(C(=O)N2CCCC[C@@H]2C)c(=O)c2ccc(C)nc21. The lowest BCUT2D eigenvalue weighted by Gasteiger charge is -2.33. The van der Waals surface area contributed by atoms with Gasteiger partial charge in [-0.15, -0.1) is 0 Å². The Kier molecular flexibility index (Phi) is 4.20. The molecule has 0 unspecified atom stereocenters. The summed E-state index contributed by atoms with van der Waals surface area (Å²) < 4.78 is 1.89. The number of rotatable bonds is 2. The number of fused-ring (bicyclic) bond motifs is 1. The van der Waals surface area contributed by atoms with Gasteiger partial charge in [-0.3, -0.25) is 9.59 Å². The maximum Gasteiger partial charge on any atom is 0.259 e. The standard InChI is InChI=1S/C18H23N3O2/c1-4-20-11-15(18(23)21-10-6-5-7-13(21)3)16(22)14-9-8-12(2)19-17(14)20/h8-9,11,13H,4-7,10H2,1-3H3/t13-/m0/s1. The van der Waals surface area contributed by atoms with Gasteiger partial charge in [-0.05, 0) is 52.2 Å². The summed E-state index contributed by atoms with van der Waals surface area (Å²) in [4.78, 5) is 32.0. The highest BCUT2D eigenvalue weighted by Crippen LogP contribution is 2.19. The molecule has 0 radical (unpaired) electrons. The molecule has 122 valence electrons. The molecule has 0 bridgehead atoms. The number of nitrogens with zero attached hydrogens (tertiary/aromatic N) is 3. The predicted molar refractivity (Wildman–Crippen MR) is 90.8 cm³/mol. The molecular weight excluding hydrogens is 290 g/mol. The van der Waals surface area contributed by atoms with E-state index in [9.17, 15) is 9.59 Å². The minimum Gasteiger partial charge on any atom is -0.336 e. The molecule has 1 aliphatic rings. The number of amides is 1. The van der Waals surface area contributed by atoms with Gasteiger partial charge in [0.25, 0.3) is 5.91 Å². The van der Waals surface area contributed by atoms with Gasteiger partial charge in [-0.25, -0.2) is 4.98 Å². The molecule has 3 heterocycles. The maximum atomic E-state index is 12.9. The lowest BCUT2D eigenvalue weighted by molar-refractivity contribution is 0.0633. The highest BCUT2D eigenvalue weighted by atomic mass is 16.2. The zero-order valence-electron chi connectivity index (χ0n) is 14.0. The molecule has 0 spiro atoms. The summed E-state index contributed by atoms with van der Waals surface area (Å²) in [5.41, 5.74) is 1.57. The average molecular weight is 313 g/mol. The van der Waals surface area contributed by atoms with Crippen LogP contribution in [0.4, 0.5) is 0 Å². The van der Waals surface area contributed by atoms with Gasteiger partial charge < -0.3 is 9.47 Å². The number of carbonyl (C=O) groups is 1. The van der Waals surface area contributed by atoms with E-state index < -0.39 is 0 Å². The zero-order chi connectivity index (χ0) is 16.6. The largest absolute Gasteiger partial charge is 0.336 e. The van der Waals surface area contributed by atoms with E-state index in [1.807, 2.05) is 29.4 Å². The van der Waals surface area contributed by atoms with E-state index >= 15 is 0 Å². The molecule has 1 atom stereocenters. The monoisotopic (exact) mass is 313 g/mol. The van der Waals surface area contributed by atoms with Crippen molar-refractivity contribution in [3.05, 3.63) is 39.8 Å². The molecule has 0 saturated carbocycles. The number of hydrogen-bond acceptors (Lipinski definition) is 3. The van der Waals surface area contributed by atoms with Gasteiger partial charge >= 0.3 is 0 Å². The van der Waals surface area contributed by atoms with Crippen LogP contribution >= 0.6 is 0 Å². The van der Waals surface area contributed by atoms with Gasteiger partial charge in [0.1, 0.15) is 11.2 Å². The third kappa shape index (κ3) is 2.76. The topological polar surface area (TPSA) is 55.2 Å². The van der Waals surface area contributed by atoms with Crippen LogP contribution in [0.25, 0.3) is 11.0 Å². The minimum absolute atomic E-state index is 0.146. The predicted octanol–water partition coefficient (Wildman–Crippen LogP) is 2.74. The Hall–Kier alpha value is -2.17. The lowest BCUT2D eigenvalue weighted by Crippen LogP contribution is -2.43. The van der Waals surface area contributed by atoms with Crippen molar-refractivity contribution in [3.8, 4) is 0 Å². The highest BCUT2D eigenvalue weighted by molar-refractivity contribution is 5.97. The maximum absolute atomic E-state index is 12.9. The second kappa shape index (κ2) is 6.14. The molecule has 2 aromatic heterocycles. The van der Waals surface area contributed by atoms with Gasteiger partial charge in [-0.2, -0.15) is 0 Å². The van der Waals surface area contributed by atoms with Gasteiger partial charge in [-0.1, -0.05) is 0 Å². The molecule has 1 amide bonds. The minimum atomic E-state index is -0.208. The number of carbonyl (C=O) groups excluding carboxylic acids is 1. The molecule has 1 saturated heterocycles. The average Bonchev–Trinajstić information content (AvgIpc) is 2.55. The van der Waals surface area contributed by atoms with Crippen molar-refractivity contribution in [1.82, 2.24) is 14.5 Å². The van der Waals surface area contributed by atoms with Crippen molar-refractivity contribution in [3.63, 3.8) is 0 Å². The molecule has 1 fully saturated rings. The Bertz CT molecular complexity index is 810. The van der Waals surface area contributed by atoms with E-state index in [1.165, 1.54) is 0 Å². The molecule has 5 nitrogen and oxygen atoms in total. The lowest BCUT2D eigenvalue weighted by atomic mass is 10.0. The first-order valence-electron chi connectivity index (χ1n) is 8.34. The van der Waals surface area contributed by atoms with E-state index in [-0.39, 0.29) is 22.9 Å². The summed E-state index contributed by atoms with van der Waals surface area (Å²) in [5, 5.41) is 0.521. The van der Waals surface area contributed by atoms with E-state index in [0.29, 0.717) is 17.6 Å². The Balaban J connectivity index is 2.14. The Morgan fingerprint density at radius 2 is 2.13 bits per heavy atom. The molecule has 0 N–H and O–H groups in total. The second-order valence-electron chi connectivity index (χ2n) is 6.33. The highest BCUT2D eigenvalue weighted by Gasteiger charge is 2.27. The molecule has 1 aliphatic heterocycles. The van der Waals surface area contributed by atoms with Gasteiger partial charge in [0.15, 0.2) is 0 Å². The summed E-state index contributed by atoms with van der Waals surface area (Å²) in [6, 6.07) is 3.79. The molecule has 23 heavy (non-hydrogen) atoms. The Morgan fingerprint density at radius 3 is 2.83 bits per heavy atom. The van der Waals surface area contributed by atoms with Crippen molar-refractivity contribution in [1.29, 1.82) is 0 Å². The van der Waals surface area contributed by atoms with Crippen molar-refractivity contribution in [2.45, 2.75) is 52.6 Å². The smallest absolute Gasteiger partial charge is 0.259 e. The fourth-order valence-corrected chi connectivity index (χ4v) is 3.31. The van der Waals surface area contributed by atoms with Crippen molar-refractivity contribution >= 4 is 16.9 Å². The summed E-state index contributed by atoms with van der Waals surface area (Å²) in [5.74, 6) is -0.146. The molecular formula is C18H23N3O2. The molecule has 2 aromatic rings. The fourth-order valence-electron chi connectivity index (χ4n) is 3.31. The van der Waals surface area contributed by atoms with Crippen LogP contribution in [0.15, 0.2) is 23.1 Å². The van der Waals surface area contributed by atoms with Crippen LogP contribution in [0.3, 0.4) is 0 Å². The van der Waals surface area contributed by atoms with Gasteiger partial charge in [0.05, 0.1) is 5.39 Å². The number of likely N-dealkylation sites (tertiary alicyclic amines) is 1. The van der Waals surface area contributed by atoms with Crippen molar-refractivity contribution < 1.29 is 4.79 Å². The third-order valence-corrected chi connectivity index (χ3v) is 4.70. The van der Waals surface area contributed by atoms with Crippen LogP contribution in [0.5, 0.6) is 0 Å². The number of hydrogen-bond donors (Lipinski definition) is 0. The van der Waals surface area contributed by atoms with Crippen LogP contribution in [-0.4, -0.2) is 32.9 Å². The number of aryl methyl sites for hydroxylation is 2. The second-order valence-corrected chi connectivity index (χ2v) is 6.33. The van der Waals surface area contributed by atoms with E-state index in [4.69, 9.17) is 0 Å². The number of pyridine rings is 2. The quantitative estimate of drug-likeness (QED) is 0.856. The first-order chi connectivity index (χ1) is 11.0. The molecule has 0 aromatic carbocycles. The Morgan fingerprint density at radius 1 is 1.35 bits per heavy atom. The molecule has 0 aliphatic carbocycles. The zero-order valence-corrected chi connectivity index (χ0v) is 14.0. The van der Waals surface area contributed by atoms with Gasteiger partial charge in [0.2, 0.25) is 5.43 Å². The van der Waals surface area contributed by atoms with Gasteiger partial charge in [0, 0.05) is 31.0 Å². The van der Waals surface area contributed by atoms with Crippen LogP contribution < -0.4 is 5.43 Å². The van der Waals surface area contributed by atoms with Crippen LogP contribution in [0, 0.1) is 6.92 Å². The van der Waals surface area contributed by atoms with Crippen molar-refractivity contribution in [2.75, 3.05) is 6.54 Å². The van der Waals surface area contributed by atoms with Crippen LogP contribution in [0.1, 0.15) is 49.2 Å². The van der Waals surface area contributed by atoms with Crippen LogP contribution in [0.2, 0.25) is 0 Å². The van der Waals surface area contributed by atoms with Crippen molar-refractivity contribution in [2.24, 2.45) is 0 Å². The summed E-state index contributed by atoms with van der Waals surface area (Å²) in [7, 11) is 0. The summed E-state index contributed by atoms with van der Waals surface area (Å²) in [6.07, 6.45) is 4.83. The van der Waals surface area contributed by atoms with E-state index in [1.54, 1.807) is 12.3 Å².